The van der Waals surface area contributed by atoms with Crippen LogP contribution in [0.1, 0.15) is 30.7 Å². The van der Waals surface area contributed by atoms with Gasteiger partial charge in [0.1, 0.15) is 5.76 Å². The summed E-state index contributed by atoms with van der Waals surface area (Å²) >= 11 is 0. The highest BCUT2D eigenvalue weighted by Gasteiger charge is 2.24. The lowest BCUT2D eigenvalue weighted by atomic mass is 10.0. The number of carbonyl (C=O) groups excluding carboxylic acids is 1. The van der Waals surface area contributed by atoms with Crippen molar-refractivity contribution in [2.45, 2.75) is 39.3 Å². The number of nitrogens with one attached hydrogen (secondary N) is 2. The van der Waals surface area contributed by atoms with Crippen molar-refractivity contribution >= 4 is 12.0 Å². The summed E-state index contributed by atoms with van der Waals surface area (Å²) in [6.45, 7) is 4.85. The van der Waals surface area contributed by atoms with E-state index in [-0.39, 0.29) is 13.1 Å². The van der Waals surface area contributed by atoms with E-state index in [4.69, 9.17) is 9.52 Å². The van der Waals surface area contributed by atoms with E-state index in [1.165, 1.54) is 6.92 Å². The van der Waals surface area contributed by atoms with E-state index >= 15 is 0 Å². The Morgan fingerprint density at radius 3 is 2.50 bits per heavy atom. The number of carboxylic acid groups (broad SMARTS) is 1. The number of urea groups is 1. The highest BCUT2D eigenvalue weighted by Crippen LogP contribution is 2.08. The van der Waals surface area contributed by atoms with E-state index in [9.17, 15) is 14.7 Å². The Morgan fingerprint density at radius 1 is 1.35 bits per heavy atom. The van der Waals surface area contributed by atoms with Crippen LogP contribution in [0.5, 0.6) is 0 Å². The summed E-state index contributed by atoms with van der Waals surface area (Å²) in [4.78, 5) is 26.1. The smallest absolute Gasteiger partial charge is 0.315 e. The number of aliphatic carboxylic acids is 1. The second-order valence-electron chi connectivity index (χ2n) is 4.85. The molecule has 1 heterocycles. The van der Waals surface area contributed by atoms with E-state index in [1.807, 2.05) is 0 Å². The van der Waals surface area contributed by atoms with Crippen molar-refractivity contribution in [3.05, 3.63) is 17.3 Å². The number of nitrogens with zero attached hydrogens (tertiary/aromatic N) is 1. The van der Waals surface area contributed by atoms with Gasteiger partial charge < -0.3 is 25.3 Å². The Morgan fingerprint density at radius 2 is 2.00 bits per heavy atom. The van der Waals surface area contributed by atoms with Crippen molar-refractivity contribution in [2.75, 3.05) is 6.54 Å². The first-order valence-electron chi connectivity index (χ1n) is 6.08. The van der Waals surface area contributed by atoms with E-state index in [0.717, 1.165) is 5.69 Å². The topological polar surface area (TPSA) is 125 Å². The number of aryl methyl sites for hydroxylation is 2. The maximum Gasteiger partial charge on any atom is 0.315 e. The monoisotopic (exact) mass is 285 g/mol. The highest BCUT2D eigenvalue weighted by molar-refractivity contribution is 5.74. The van der Waals surface area contributed by atoms with Gasteiger partial charge in [-0.3, -0.25) is 4.79 Å². The Kier molecular flexibility index (Phi) is 5.09. The van der Waals surface area contributed by atoms with Gasteiger partial charge in [-0.15, -0.1) is 0 Å². The molecule has 0 aliphatic heterocycles. The van der Waals surface area contributed by atoms with E-state index in [2.05, 4.69) is 15.6 Å². The van der Waals surface area contributed by atoms with Crippen LogP contribution in [0, 0.1) is 13.8 Å². The molecule has 1 unspecified atom stereocenters. The number of amides is 2. The Hall–Kier alpha value is -2.09. The average molecular weight is 285 g/mol. The molecule has 8 nitrogen and oxygen atoms in total. The van der Waals surface area contributed by atoms with Crippen molar-refractivity contribution in [1.29, 1.82) is 0 Å². The van der Waals surface area contributed by atoms with Gasteiger partial charge in [-0.05, 0) is 20.8 Å². The third-order valence-electron chi connectivity index (χ3n) is 2.63. The molecule has 1 atom stereocenters. The lowest BCUT2D eigenvalue weighted by Gasteiger charge is -2.21. The molecule has 1 aromatic heterocycles. The summed E-state index contributed by atoms with van der Waals surface area (Å²) in [6.07, 6.45) is -0.453. The molecule has 1 rings (SSSR count). The highest BCUT2D eigenvalue weighted by atomic mass is 16.4. The van der Waals surface area contributed by atoms with Gasteiger partial charge in [-0.1, -0.05) is 0 Å². The largest absolute Gasteiger partial charge is 0.481 e. The molecule has 0 radical (unpaired) electrons. The van der Waals surface area contributed by atoms with E-state index in [0.29, 0.717) is 11.7 Å². The SMILES string of the molecule is Cc1nc(CNC(=O)NCC(C)(O)CC(=O)O)oc1C. The fourth-order valence-electron chi connectivity index (χ4n) is 1.49. The predicted molar refractivity (Wildman–Crippen MR) is 69.1 cm³/mol. The summed E-state index contributed by atoms with van der Waals surface area (Å²) in [5.74, 6) is -0.0676. The van der Waals surface area contributed by atoms with Crippen LogP contribution >= 0.6 is 0 Å². The first-order valence-corrected chi connectivity index (χ1v) is 6.08. The van der Waals surface area contributed by atoms with Crippen LogP contribution in [-0.2, 0) is 11.3 Å². The summed E-state index contributed by atoms with van der Waals surface area (Å²) in [5.41, 5.74) is -0.745. The van der Waals surface area contributed by atoms with Gasteiger partial charge in [0.05, 0.1) is 24.3 Å². The molecule has 112 valence electrons. The van der Waals surface area contributed by atoms with Crippen LogP contribution in [0.15, 0.2) is 4.42 Å². The van der Waals surface area contributed by atoms with Crippen molar-refractivity contribution < 1.29 is 24.2 Å². The second-order valence-corrected chi connectivity index (χ2v) is 4.85. The van der Waals surface area contributed by atoms with Crippen LogP contribution in [0.2, 0.25) is 0 Å². The molecular weight excluding hydrogens is 266 g/mol. The van der Waals surface area contributed by atoms with Crippen LogP contribution in [-0.4, -0.2) is 39.3 Å². The molecule has 2 amide bonds. The van der Waals surface area contributed by atoms with Crippen molar-refractivity contribution in [1.82, 2.24) is 15.6 Å². The molecule has 0 saturated carbocycles. The Bertz CT molecular complexity index is 476. The zero-order valence-corrected chi connectivity index (χ0v) is 11.7. The summed E-state index contributed by atoms with van der Waals surface area (Å²) in [7, 11) is 0. The van der Waals surface area contributed by atoms with E-state index in [1.54, 1.807) is 13.8 Å². The molecule has 8 heteroatoms. The van der Waals surface area contributed by atoms with Gasteiger partial charge in [0.2, 0.25) is 5.89 Å². The number of hydrogen-bond donors (Lipinski definition) is 4. The normalized spacial score (nSPS) is 13.6. The minimum atomic E-state index is -1.50. The maximum atomic E-state index is 11.5. The number of carbonyl (C=O) groups is 2. The molecule has 0 fully saturated rings. The third-order valence-corrected chi connectivity index (χ3v) is 2.63. The average Bonchev–Trinajstić information content (AvgIpc) is 2.62. The molecule has 0 saturated heterocycles. The maximum absolute atomic E-state index is 11.5. The van der Waals surface area contributed by atoms with Crippen molar-refractivity contribution in [3.63, 3.8) is 0 Å². The molecule has 0 aliphatic rings. The molecule has 1 aromatic rings. The number of aliphatic hydroxyl groups is 1. The third kappa shape index (κ3) is 5.27. The first-order chi connectivity index (χ1) is 9.19. The zero-order chi connectivity index (χ0) is 15.3. The lowest BCUT2D eigenvalue weighted by Crippen LogP contribution is -2.45. The van der Waals surface area contributed by atoms with E-state index < -0.39 is 24.0 Å². The Labute approximate surface area is 116 Å². The summed E-state index contributed by atoms with van der Waals surface area (Å²) in [6, 6.07) is -0.538. The lowest BCUT2D eigenvalue weighted by molar-refractivity contribution is -0.141. The minimum absolute atomic E-state index is 0.113. The molecule has 0 bridgehead atoms. The predicted octanol–water partition coefficient (Wildman–Crippen LogP) is 0.316. The summed E-state index contributed by atoms with van der Waals surface area (Å²) < 4.78 is 5.28. The van der Waals surface area contributed by atoms with Gasteiger partial charge in [0, 0.05) is 6.54 Å². The van der Waals surface area contributed by atoms with Crippen LogP contribution in [0.25, 0.3) is 0 Å². The Balaban J connectivity index is 2.35. The zero-order valence-electron chi connectivity index (χ0n) is 11.7. The van der Waals surface area contributed by atoms with Crippen molar-refractivity contribution in [2.24, 2.45) is 0 Å². The van der Waals surface area contributed by atoms with Gasteiger partial charge in [-0.25, -0.2) is 9.78 Å². The fraction of sp³-hybridized carbons (Fsp3) is 0.583. The number of aromatic nitrogens is 1. The first kappa shape index (κ1) is 16.0. The van der Waals surface area contributed by atoms with Crippen LogP contribution in [0.4, 0.5) is 4.79 Å². The number of oxazole rings is 1. The molecule has 0 spiro atoms. The van der Waals surface area contributed by atoms with Gasteiger partial charge in [0.15, 0.2) is 0 Å². The number of rotatable bonds is 6. The molecular formula is C12H19N3O5. The van der Waals surface area contributed by atoms with Gasteiger partial charge in [-0.2, -0.15) is 0 Å². The fourth-order valence-corrected chi connectivity index (χ4v) is 1.49. The number of hydrogen-bond acceptors (Lipinski definition) is 5. The standard InChI is InChI=1S/C12H19N3O5/c1-7-8(2)20-9(15-7)5-13-11(18)14-6-12(3,19)4-10(16)17/h19H,4-6H2,1-3H3,(H,16,17)(H2,13,14,18). The number of carboxylic acids is 1. The van der Waals surface area contributed by atoms with Crippen LogP contribution < -0.4 is 10.6 Å². The summed E-state index contributed by atoms with van der Waals surface area (Å²) in [5, 5.41) is 23.2. The second kappa shape index (κ2) is 6.38. The minimum Gasteiger partial charge on any atom is -0.481 e. The van der Waals surface area contributed by atoms with Crippen molar-refractivity contribution in [3.8, 4) is 0 Å². The molecule has 0 aliphatic carbocycles. The molecule has 0 aromatic carbocycles. The van der Waals surface area contributed by atoms with Gasteiger partial charge >= 0.3 is 12.0 Å². The molecule has 20 heavy (non-hydrogen) atoms. The van der Waals surface area contributed by atoms with Gasteiger partial charge in [0.25, 0.3) is 0 Å². The quantitative estimate of drug-likeness (QED) is 0.596. The van der Waals surface area contributed by atoms with Crippen LogP contribution in [0.3, 0.4) is 0 Å². The molecule has 4 N–H and O–H groups in total.